The van der Waals surface area contributed by atoms with Crippen LogP contribution in [0, 0.1) is 11.2 Å². The summed E-state index contributed by atoms with van der Waals surface area (Å²) in [5.74, 6) is -3.12. The molecule has 1 saturated carbocycles. The van der Waals surface area contributed by atoms with Gasteiger partial charge < -0.3 is 4.74 Å². The highest BCUT2D eigenvalue weighted by Gasteiger charge is 2.41. The van der Waals surface area contributed by atoms with Gasteiger partial charge in [0.05, 0.1) is 5.56 Å². The Labute approximate surface area is 171 Å². The first-order valence-corrected chi connectivity index (χ1v) is 9.50. The number of aromatic nitrogens is 1. The number of alkyl halides is 3. The van der Waals surface area contributed by atoms with E-state index in [9.17, 15) is 27.2 Å². The minimum atomic E-state index is -4.72. The molecule has 0 aliphatic heterocycles. The van der Waals surface area contributed by atoms with Gasteiger partial charge in [-0.2, -0.15) is 13.2 Å². The number of pyridine rings is 1. The number of carbonyl (C=O) groups excluding carboxylic acids is 2. The van der Waals surface area contributed by atoms with E-state index >= 15 is 0 Å². The predicted molar refractivity (Wildman–Crippen MR) is 101 cm³/mol. The summed E-state index contributed by atoms with van der Waals surface area (Å²) >= 11 is 0. The molecule has 1 aliphatic carbocycles. The molecule has 0 atom stereocenters. The molecule has 0 radical (unpaired) electrons. The van der Waals surface area contributed by atoms with Crippen molar-refractivity contribution in [3.05, 3.63) is 53.0 Å². The molecule has 0 N–H and O–H groups in total. The summed E-state index contributed by atoms with van der Waals surface area (Å²) in [5, 5.41) is 0. The van der Waals surface area contributed by atoms with Crippen molar-refractivity contribution in [2.45, 2.75) is 52.1 Å². The van der Waals surface area contributed by atoms with E-state index in [1.165, 1.54) is 12.1 Å². The number of carbonyl (C=O) groups is 2. The molecule has 8 heteroatoms. The van der Waals surface area contributed by atoms with Gasteiger partial charge in [-0.3, -0.25) is 9.59 Å². The molecule has 2 aromatic rings. The fraction of sp³-hybridized carbons (Fsp3) is 0.409. The molecule has 1 fully saturated rings. The SMILES string of the molecule is CCc1ccc(Oc2ncc(C(F)(F)F)cc2F)cc1C1C(=O)CC(C)(C)CC1=O. The summed E-state index contributed by atoms with van der Waals surface area (Å²) < 4.78 is 57.5. The average molecular weight is 423 g/mol. The van der Waals surface area contributed by atoms with Crippen LogP contribution in [0.4, 0.5) is 17.6 Å². The second kappa shape index (κ2) is 7.81. The number of ketones is 2. The lowest BCUT2D eigenvalue weighted by Crippen LogP contribution is -2.36. The van der Waals surface area contributed by atoms with Crippen molar-refractivity contribution in [2.24, 2.45) is 5.41 Å². The second-order valence-electron chi connectivity index (χ2n) is 8.21. The Morgan fingerprint density at radius 1 is 1.13 bits per heavy atom. The number of rotatable bonds is 4. The first-order valence-electron chi connectivity index (χ1n) is 9.50. The minimum absolute atomic E-state index is 0.0822. The number of nitrogens with zero attached hydrogens (tertiary/aromatic N) is 1. The van der Waals surface area contributed by atoms with Crippen LogP contribution in [0.15, 0.2) is 30.5 Å². The van der Waals surface area contributed by atoms with Gasteiger partial charge in [0.25, 0.3) is 5.88 Å². The maximum absolute atomic E-state index is 14.1. The summed E-state index contributed by atoms with van der Waals surface area (Å²) in [6.45, 7) is 5.59. The first-order chi connectivity index (χ1) is 13.9. The van der Waals surface area contributed by atoms with Gasteiger partial charge in [-0.05, 0) is 41.2 Å². The van der Waals surface area contributed by atoms with Crippen LogP contribution in [0.3, 0.4) is 0 Å². The zero-order valence-corrected chi connectivity index (χ0v) is 16.8. The van der Waals surface area contributed by atoms with E-state index in [1.807, 2.05) is 20.8 Å². The van der Waals surface area contributed by atoms with Crippen LogP contribution in [0.25, 0.3) is 0 Å². The molecule has 0 bridgehead atoms. The van der Waals surface area contributed by atoms with Crippen molar-refractivity contribution in [2.75, 3.05) is 0 Å². The van der Waals surface area contributed by atoms with Gasteiger partial charge >= 0.3 is 6.18 Å². The lowest BCUT2D eigenvalue weighted by Gasteiger charge is -2.33. The molecule has 30 heavy (non-hydrogen) atoms. The maximum Gasteiger partial charge on any atom is 0.417 e. The Morgan fingerprint density at radius 2 is 1.77 bits per heavy atom. The molecule has 0 saturated heterocycles. The third-order valence-electron chi connectivity index (χ3n) is 5.11. The van der Waals surface area contributed by atoms with E-state index in [1.54, 1.807) is 6.07 Å². The van der Waals surface area contributed by atoms with Crippen molar-refractivity contribution >= 4 is 11.6 Å². The molecule has 1 aliphatic rings. The van der Waals surface area contributed by atoms with Crippen molar-refractivity contribution < 1.29 is 31.9 Å². The molecular formula is C22H21F4NO3. The minimum Gasteiger partial charge on any atom is -0.436 e. The molecule has 1 heterocycles. The van der Waals surface area contributed by atoms with E-state index in [-0.39, 0.29) is 30.2 Å². The molecule has 3 rings (SSSR count). The van der Waals surface area contributed by atoms with E-state index in [4.69, 9.17) is 4.74 Å². The number of Topliss-reactive ketones (excluding diaryl/α,β-unsaturated/α-hetero) is 2. The lowest BCUT2D eigenvalue weighted by molar-refractivity contribution is -0.138. The zero-order chi connectivity index (χ0) is 22.3. The van der Waals surface area contributed by atoms with E-state index in [0.29, 0.717) is 24.2 Å². The van der Waals surface area contributed by atoms with E-state index < -0.39 is 34.8 Å². The Bertz CT molecular complexity index is 978. The molecule has 0 spiro atoms. The summed E-state index contributed by atoms with van der Waals surface area (Å²) in [4.78, 5) is 28.8. The number of hydrogen-bond acceptors (Lipinski definition) is 4. The highest BCUT2D eigenvalue weighted by atomic mass is 19.4. The van der Waals surface area contributed by atoms with Gasteiger partial charge in [0.1, 0.15) is 23.2 Å². The molecular weight excluding hydrogens is 402 g/mol. The lowest BCUT2D eigenvalue weighted by atomic mass is 9.69. The Morgan fingerprint density at radius 3 is 2.30 bits per heavy atom. The van der Waals surface area contributed by atoms with Crippen LogP contribution in [0.2, 0.25) is 0 Å². The highest BCUT2D eigenvalue weighted by Crippen LogP contribution is 2.40. The number of ether oxygens (including phenoxy) is 1. The fourth-order valence-corrected chi connectivity index (χ4v) is 3.73. The smallest absolute Gasteiger partial charge is 0.417 e. The average Bonchev–Trinajstić information content (AvgIpc) is 2.61. The molecule has 1 aromatic carbocycles. The van der Waals surface area contributed by atoms with Crippen LogP contribution < -0.4 is 4.74 Å². The molecule has 0 unspecified atom stereocenters. The number of aryl methyl sites for hydroxylation is 1. The largest absolute Gasteiger partial charge is 0.436 e. The Hall–Kier alpha value is -2.77. The van der Waals surface area contributed by atoms with Crippen LogP contribution in [-0.2, 0) is 22.2 Å². The molecule has 4 nitrogen and oxygen atoms in total. The van der Waals surface area contributed by atoms with E-state index in [2.05, 4.69) is 4.98 Å². The van der Waals surface area contributed by atoms with Gasteiger partial charge in [0.2, 0.25) is 0 Å². The number of benzene rings is 1. The van der Waals surface area contributed by atoms with Crippen molar-refractivity contribution in [1.82, 2.24) is 4.98 Å². The molecule has 160 valence electrons. The third kappa shape index (κ3) is 4.52. The maximum atomic E-state index is 14.1. The van der Waals surface area contributed by atoms with Gasteiger partial charge in [0.15, 0.2) is 5.82 Å². The van der Waals surface area contributed by atoms with Gasteiger partial charge in [-0.25, -0.2) is 9.37 Å². The van der Waals surface area contributed by atoms with Crippen molar-refractivity contribution in [3.63, 3.8) is 0 Å². The summed E-state index contributed by atoms with van der Waals surface area (Å²) in [7, 11) is 0. The summed E-state index contributed by atoms with van der Waals surface area (Å²) in [6, 6.07) is 4.94. The Kier molecular flexibility index (Phi) is 5.71. The standard InChI is InChI=1S/C22H21F4NO3/c1-4-12-5-6-14(30-20-16(23)7-13(11-27-20)22(24,25)26)8-15(12)19-17(28)9-21(2,3)10-18(19)29/h5-8,11,19H,4,9-10H2,1-3H3. The van der Waals surface area contributed by atoms with Crippen molar-refractivity contribution in [3.8, 4) is 11.6 Å². The summed E-state index contributed by atoms with van der Waals surface area (Å²) in [5.41, 5.74) is -0.379. The fourth-order valence-electron chi connectivity index (χ4n) is 3.73. The highest BCUT2D eigenvalue weighted by molar-refractivity contribution is 6.10. The second-order valence-corrected chi connectivity index (χ2v) is 8.21. The third-order valence-corrected chi connectivity index (χ3v) is 5.11. The molecule has 1 aromatic heterocycles. The van der Waals surface area contributed by atoms with E-state index in [0.717, 1.165) is 5.56 Å². The zero-order valence-electron chi connectivity index (χ0n) is 16.8. The van der Waals surface area contributed by atoms with Crippen LogP contribution in [0.5, 0.6) is 11.6 Å². The number of hydrogen-bond donors (Lipinski definition) is 0. The van der Waals surface area contributed by atoms with Crippen LogP contribution >= 0.6 is 0 Å². The van der Waals surface area contributed by atoms with Crippen LogP contribution in [0.1, 0.15) is 56.2 Å². The quantitative estimate of drug-likeness (QED) is 0.472. The van der Waals surface area contributed by atoms with Crippen molar-refractivity contribution in [1.29, 1.82) is 0 Å². The molecule has 0 amide bonds. The summed E-state index contributed by atoms with van der Waals surface area (Å²) in [6.07, 6.45) is -3.17. The number of halogens is 4. The van der Waals surface area contributed by atoms with Gasteiger partial charge in [0, 0.05) is 19.0 Å². The van der Waals surface area contributed by atoms with Gasteiger partial charge in [-0.15, -0.1) is 0 Å². The monoisotopic (exact) mass is 423 g/mol. The van der Waals surface area contributed by atoms with Gasteiger partial charge in [-0.1, -0.05) is 26.8 Å². The van der Waals surface area contributed by atoms with Crippen LogP contribution in [-0.4, -0.2) is 16.6 Å². The predicted octanol–water partition coefficient (Wildman–Crippen LogP) is 5.64. The Balaban J connectivity index is 1.94. The topological polar surface area (TPSA) is 56.3 Å². The normalized spacial score (nSPS) is 17.3. The first kappa shape index (κ1) is 21.9.